The summed E-state index contributed by atoms with van der Waals surface area (Å²) in [5.41, 5.74) is 0.621. The lowest BCUT2D eigenvalue weighted by Crippen LogP contribution is -2.19. The van der Waals surface area contributed by atoms with E-state index in [9.17, 15) is 19.8 Å². The number of aromatic nitrogens is 1. The van der Waals surface area contributed by atoms with Gasteiger partial charge in [-0.3, -0.25) is 19.9 Å². The van der Waals surface area contributed by atoms with Gasteiger partial charge in [0, 0.05) is 5.39 Å². The zero-order valence-corrected chi connectivity index (χ0v) is 10.0. The standard InChI is InChI=1S/C14H8N2O4/c17-11-7-3-1-5-6(10(7)14(20)15-11)2-4-8-9(5)13(19)16-12(8)18/h1-4,15,17,20H,(H,16,18,19). The van der Waals surface area contributed by atoms with E-state index < -0.39 is 11.8 Å². The minimum absolute atomic E-state index is 0.138. The summed E-state index contributed by atoms with van der Waals surface area (Å²) < 4.78 is 0. The van der Waals surface area contributed by atoms with E-state index in [1.807, 2.05) is 0 Å². The van der Waals surface area contributed by atoms with Crippen LogP contribution in [0.25, 0.3) is 21.5 Å². The molecule has 0 spiro atoms. The number of carbonyl (C=O) groups is 2. The summed E-state index contributed by atoms with van der Waals surface area (Å²) in [5.74, 6) is -1.18. The lowest BCUT2D eigenvalue weighted by Gasteiger charge is -2.04. The quantitative estimate of drug-likeness (QED) is 0.465. The largest absolute Gasteiger partial charge is 0.494 e. The second-order valence-electron chi connectivity index (χ2n) is 4.68. The average molecular weight is 268 g/mol. The maximum atomic E-state index is 11.9. The van der Waals surface area contributed by atoms with Crippen LogP contribution in [0.2, 0.25) is 0 Å². The van der Waals surface area contributed by atoms with Gasteiger partial charge in [0.2, 0.25) is 0 Å². The van der Waals surface area contributed by atoms with Crippen LogP contribution in [0.3, 0.4) is 0 Å². The number of aromatic hydroxyl groups is 2. The highest BCUT2D eigenvalue weighted by molar-refractivity contribution is 6.29. The van der Waals surface area contributed by atoms with Crippen LogP contribution in [-0.4, -0.2) is 27.0 Å². The minimum Gasteiger partial charge on any atom is -0.494 e. The first-order valence-corrected chi connectivity index (χ1v) is 5.93. The lowest BCUT2D eigenvalue weighted by atomic mass is 9.97. The number of imide groups is 1. The van der Waals surface area contributed by atoms with Gasteiger partial charge in [0.05, 0.1) is 16.5 Å². The third-order valence-corrected chi connectivity index (χ3v) is 3.63. The second-order valence-corrected chi connectivity index (χ2v) is 4.68. The molecular weight excluding hydrogens is 260 g/mol. The van der Waals surface area contributed by atoms with E-state index in [-0.39, 0.29) is 11.8 Å². The molecule has 20 heavy (non-hydrogen) atoms. The number of H-pyrrole nitrogens is 1. The SMILES string of the molecule is O=C1NC(=O)c2c1ccc1c2ccc2c(O)[nH]c(O)c21. The van der Waals surface area contributed by atoms with E-state index in [1.165, 1.54) is 0 Å². The Kier molecular flexibility index (Phi) is 1.79. The molecule has 0 bridgehead atoms. The second kappa shape index (κ2) is 3.30. The van der Waals surface area contributed by atoms with Crippen molar-refractivity contribution >= 4 is 33.4 Å². The molecule has 2 aromatic carbocycles. The predicted molar refractivity (Wildman–Crippen MR) is 70.9 cm³/mol. The number of aromatic amines is 1. The van der Waals surface area contributed by atoms with Crippen LogP contribution in [0.1, 0.15) is 20.7 Å². The van der Waals surface area contributed by atoms with Crippen LogP contribution in [0.5, 0.6) is 11.8 Å². The van der Waals surface area contributed by atoms with E-state index in [0.717, 1.165) is 0 Å². The molecule has 4 N–H and O–H groups in total. The average Bonchev–Trinajstić information content (AvgIpc) is 2.87. The van der Waals surface area contributed by atoms with Crippen LogP contribution >= 0.6 is 0 Å². The molecule has 0 saturated heterocycles. The Labute approximate surface area is 111 Å². The minimum atomic E-state index is -0.450. The highest BCUT2D eigenvalue weighted by Gasteiger charge is 2.29. The van der Waals surface area contributed by atoms with Gasteiger partial charge >= 0.3 is 0 Å². The van der Waals surface area contributed by atoms with Crippen molar-refractivity contribution in [2.75, 3.05) is 0 Å². The van der Waals surface area contributed by atoms with Gasteiger partial charge in [0.15, 0.2) is 11.8 Å². The molecule has 0 aliphatic carbocycles. The molecule has 0 atom stereocenters. The van der Waals surface area contributed by atoms with Gasteiger partial charge in [0.25, 0.3) is 11.8 Å². The van der Waals surface area contributed by atoms with E-state index >= 15 is 0 Å². The fourth-order valence-corrected chi connectivity index (χ4v) is 2.77. The number of amides is 2. The third kappa shape index (κ3) is 1.13. The zero-order chi connectivity index (χ0) is 14.0. The van der Waals surface area contributed by atoms with Crippen LogP contribution < -0.4 is 5.32 Å². The molecule has 2 amide bonds. The molecule has 2 heterocycles. The van der Waals surface area contributed by atoms with E-state index in [0.29, 0.717) is 32.7 Å². The Bertz CT molecular complexity index is 939. The summed E-state index contributed by atoms with van der Waals surface area (Å²) in [6.07, 6.45) is 0. The summed E-state index contributed by atoms with van der Waals surface area (Å²) in [4.78, 5) is 25.9. The number of rotatable bonds is 0. The van der Waals surface area contributed by atoms with Crippen molar-refractivity contribution < 1.29 is 19.8 Å². The monoisotopic (exact) mass is 268 g/mol. The van der Waals surface area contributed by atoms with Crippen molar-refractivity contribution in [3.05, 3.63) is 35.4 Å². The van der Waals surface area contributed by atoms with E-state index in [4.69, 9.17) is 0 Å². The fourth-order valence-electron chi connectivity index (χ4n) is 2.77. The number of fused-ring (bicyclic) bond motifs is 5. The molecule has 3 aromatic rings. The predicted octanol–water partition coefficient (Wildman–Crippen LogP) is 1.62. The molecule has 0 unspecified atom stereocenters. The number of carbonyl (C=O) groups excluding carboxylic acids is 2. The van der Waals surface area contributed by atoms with Gasteiger partial charge in [0.1, 0.15) is 0 Å². The Morgan fingerprint density at radius 3 is 2.30 bits per heavy atom. The molecule has 6 heteroatoms. The number of hydrogen-bond acceptors (Lipinski definition) is 4. The van der Waals surface area contributed by atoms with Crippen LogP contribution in [0.4, 0.5) is 0 Å². The third-order valence-electron chi connectivity index (χ3n) is 3.63. The number of benzene rings is 2. The molecule has 1 aromatic heterocycles. The number of hydrogen-bond donors (Lipinski definition) is 4. The summed E-state index contributed by atoms with van der Waals surface area (Å²) >= 11 is 0. The summed E-state index contributed by atoms with van der Waals surface area (Å²) in [6, 6.07) is 6.45. The maximum absolute atomic E-state index is 11.9. The first kappa shape index (κ1) is 10.9. The van der Waals surface area contributed by atoms with Crippen molar-refractivity contribution in [1.29, 1.82) is 0 Å². The normalized spacial score (nSPS) is 14.0. The Balaban J connectivity index is 2.25. The van der Waals surface area contributed by atoms with Crippen LogP contribution in [-0.2, 0) is 0 Å². The molecule has 98 valence electrons. The Morgan fingerprint density at radius 2 is 1.50 bits per heavy atom. The van der Waals surface area contributed by atoms with Crippen molar-refractivity contribution in [3.8, 4) is 11.8 Å². The molecular formula is C14H8N2O4. The first-order valence-electron chi connectivity index (χ1n) is 5.93. The lowest BCUT2D eigenvalue weighted by molar-refractivity contribution is 0.0880. The molecule has 1 aliphatic heterocycles. The van der Waals surface area contributed by atoms with Crippen molar-refractivity contribution in [1.82, 2.24) is 10.3 Å². The smallest absolute Gasteiger partial charge is 0.259 e. The molecule has 6 nitrogen and oxygen atoms in total. The van der Waals surface area contributed by atoms with Gasteiger partial charge < -0.3 is 10.2 Å². The first-order chi connectivity index (χ1) is 9.58. The zero-order valence-electron chi connectivity index (χ0n) is 10.0. The topological polar surface area (TPSA) is 102 Å². The van der Waals surface area contributed by atoms with Crippen LogP contribution in [0.15, 0.2) is 24.3 Å². The molecule has 1 aliphatic rings. The van der Waals surface area contributed by atoms with Gasteiger partial charge in [-0.15, -0.1) is 0 Å². The fraction of sp³-hybridized carbons (Fsp3) is 0. The van der Waals surface area contributed by atoms with Crippen molar-refractivity contribution in [2.45, 2.75) is 0 Å². The van der Waals surface area contributed by atoms with Gasteiger partial charge in [-0.05, 0) is 22.9 Å². The Morgan fingerprint density at radius 1 is 0.800 bits per heavy atom. The Hall–Kier alpha value is -3.02. The summed E-state index contributed by atoms with van der Waals surface area (Å²) in [6.45, 7) is 0. The molecule has 4 rings (SSSR count). The van der Waals surface area contributed by atoms with Crippen molar-refractivity contribution in [3.63, 3.8) is 0 Å². The van der Waals surface area contributed by atoms with E-state index in [2.05, 4.69) is 10.3 Å². The maximum Gasteiger partial charge on any atom is 0.259 e. The van der Waals surface area contributed by atoms with Gasteiger partial charge in [-0.25, -0.2) is 0 Å². The van der Waals surface area contributed by atoms with Crippen LogP contribution in [0, 0.1) is 0 Å². The highest BCUT2D eigenvalue weighted by Crippen LogP contribution is 2.39. The van der Waals surface area contributed by atoms with E-state index in [1.54, 1.807) is 24.3 Å². The highest BCUT2D eigenvalue weighted by atomic mass is 16.3. The van der Waals surface area contributed by atoms with Gasteiger partial charge in [-0.1, -0.05) is 12.1 Å². The van der Waals surface area contributed by atoms with Gasteiger partial charge in [-0.2, -0.15) is 0 Å². The molecule has 0 saturated carbocycles. The summed E-state index contributed by atoms with van der Waals surface area (Å²) in [5, 5.41) is 23.9. The molecule has 0 fully saturated rings. The molecule has 0 radical (unpaired) electrons. The number of nitrogens with one attached hydrogen (secondary N) is 2. The summed E-state index contributed by atoms with van der Waals surface area (Å²) in [7, 11) is 0. The van der Waals surface area contributed by atoms with Crippen molar-refractivity contribution in [2.24, 2.45) is 0 Å².